The van der Waals surface area contributed by atoms with Crippen LogP contribution in [0.4, 0.5) is 0 Å². The van der Waals surface area contributed by atoms with Crippen LogP contribution in [0.5, 0.6) is 23.0 Å². The van der Waals surface area contributed by atoms with E-state index in [2.05, 4.69) is 11.8 Å². The van der Waals surface area contributed by atoms with Gasteiger partial charge in [-0.1, -0.05) is 24.3 Å². The highest BCUT2D eigenvalue weighted by atomic mass is 16.5. The van der Waals surface area contributed by atoms with Crippen molar-refractivity contribution >= 4 is 11.1 Å². The zero-order chi connectivity index (χ0) is 25.2. The summed E-state index contributed by atoms with van der Waals surface area (Å²) in [5.74, 6) is 1.86. The molecular weight excluding hydrogens is 454 g/mol. The molecule has 0 radical (unpaired) electrons. The molecule has 3 unspecified atom stereocenters. The fourth-order valence-corrected chi connectivity index (χ4v) is 5.40. The minimum Gasteiger partial charge on any atom is -0.508 e. The van der Waals surface area contributed by atoms with Gasteiger partial charge in [0, 0.05) is 23.2 Å². The first-order valence-corrected chi connectivity index (χ1v) is 12.5. The zero-order valence-electron chi connectivity index (χ0n) is 20.7. The molecule has 3 aromatic carbocycles. The molecule has 0 spiro atoms. The number of hydrogen-bond acceptors (Lipinski definition) is 6. The third-order valence-electron chi connectivity index (χ3n) is 7.31. The van der Waals surface area contributed by atoms with Crippen LogP contribution in [0, 0.1) is 0 Å². The van der Waals surface area contributed by atoms with Crippen LogP contribution in [0.25, 0.3) is 11.1 Å². The summed E-state index contributed by atoms with van der Waals surface area (Å²) in [6.45, 7) is 5.90. The van der Waals surface area contributed by atoms with Crippen molar-refractivity contribution < 1.29 is 24.8 Å². The van der Waals surface area contributed by atoms with Crippen LogP contribution in [-0.2, 0) is 0 Å². The molecule has 5 rings (SSSR count). The number of aliphatic hydroxyl groups is 1. The molecule has 2 aliphatic heterocycles. The average molecular weight is 488 g/mol. The second kappa shape index (κ2) is 10.2. The lowest BCUT2D eigenvalue weighted by molar-refractivity contribution is 0.0966. The second-order valence-electron chi connectivity index (χ2n) is 9.71. The van der Waals surface area contributed by atoms with Crippen molar-refractivity contribution in [1.82, 2.24) is 4.90 Å². The van der Waals surface area contributed by atoms with Crippen LogP contribution in [0.3, 0.4) is 0 Å². The maximum atomic E-state index is 10.1. The van der Waals surface area contributed by atoms with Gasteiger partial charge in [0.05, 0.1) is 6.61 Å². The Morgan fingerprint density at radius 2 is 1.81 bits per heavy atom. The number of hydrogen-bond donors (Lipinski definition) is 3. The maximum Gasteiger partial charge on any atom is 0.150 e. The number of likely N-dealkylation sites (tertiary alicyclic amines) is 1. The van der Waals surface area contributed by atoms with Gasteiger partial charge in [0.15, 0.2) is 0 Å². The van der Waals surface area contributed by atoms with Crippen molar-refractivity contribution in [3.05, 3.63) is 83.4 Å². The number of ether oxygens (including phenoxy) is 2. The van der Waals surface area contributed by atoms with E-state index in [1.807, 2.05) is 43.3 Å². The summed E-state index contributed by atoms with van der Waals surface area (Å²) in [5, 5.41) is 29.8. The molecule has 0 aromatic heterocycles. The highest BCUT2D eigenvalue weighted by Crippen LogP contribution is 2.47. The summed E-state index contributed by atoms with van der Waals surface area (Å²) in [6.07, 6.45) is 1.77. The number of allylic oxidation sites excluding steroid dienone is 1. The molecule has 0 bridgehead atoms. The first kappa shape index (κ1) is 24.2. The molecular formula is C30H33NO5. The van der Waals surface area contributed by atoms with E-state index in [9.17, 15) is 15.3 Å². The van der Waals surface area contributed by atoms with Crippen molar-refractivity contribution in [2.45, 2.75) is 44.9 Å². The SMILES string of the molecule is CC1=C(c2cccc(O)c2)C(c2ccc(OCC(C)N3CCCC3CO)cc2)Oc2ccc(O)cc21. The minimum atomic E-state index is -0.383. The van der Waals surface area contributed by atoms with Crippen molar-refractivity contribution in [2.24, 2.45) is 0 Å². The highest BCUT2D eigenvalue weighted by molar-refractivity contribution is 5.95. The lowest BCUT2D eigenvalue weighted by Crippen LogP contribution is -2.42. The zero-order valence-corrected chi connectivity index (χ0v) is 20.7. The summed E-state index contributed by atoms with van der Waals surface area (Å²) < 4.78 is 12.6. The standard InChI is InChI=1S/C30H33NO5/c1-19(31-14-4-6-23(31)17-32)18-35-26-11-8-21(9-12-26)30-29(22-5-3-7-24(33)15-22)20(2)27-16-25(34)10-13-28(27)36-30/h3,5,7-13,15-16,19,23,30,32-34H,4,6,14,17-18H2,1-2H3. The van der Waals surface area contributed by atoms with Crippen LogP contribution in [0.2, 0.25) is 0 Å². The Kier molecular flexibility index (Phi) is 6.90. The number of aromatic hydroxyl groups is 2. The van der Waals surface area contributed by atoms with E-state index in [1.54, 1.807) is 30.3 Å². The van der Waals surface area contributed by atoms with Gasteiger partial charge in [-0.25, -0.2) is 0 Å². The number of aliphatic hydroxyl groups excluding tert-OH is 1. The van der Waals surface area contributed by atoms with E-state index in [1.165, 1.54) is 0 Å². The van der Waals surface area contributed by atoms with Crippen molar-refractivity contribution in [3.63, 3.8) is 0 Å². The van der Waals surface area contributed by atoms with Crippen LogP contribution < -0.4 is 9.47 Å². The molecule has 3 N–H and O–H groups in total. The summed E-state index contributed by atoms with van der Waals surface area (Å²) in [7, 11) is 0. The molecule has 3 atom stereocenters. The van der Waals surface area contributed by atoms with Crippen molar-refractivity contribution in [2.75, 3.05) is 19.8 Å². The first-order valence-electron chi connectivity index (χ1n) is 12.5. The largest absolute Gasteiger partial charge is 0.508 e. The van der Waals surface area contributed by atoms with Crippen LogP contribution >= 0.6 is 0 Å². The summed E-state index contributed by atoms with van der Waals surface area (Å²) in [4.78, 5) is 2.33. The van der Waals surface area contributed by atoms with E-state index in [4.69, 9.17) is 9.47 Å². The molecule has 188 valence electrons. The monoisotopic (exact) mass is 487 g/mol. The Balaban J connectivity index is 1.40. The van der Waals surface area contributed by atoms with Crippen molar-refractivity contribution in [1.29, 1.82) is 0 Å². The Morgan fingerprint density at radius 1 is 1.03 bits per heavy atom. The van der Waals surface area contributed by atoms with E-state index in [0.717, 1.165) is 53.0 Å². The van der Waals surface area contributed by atoms with Crippen LogP contribution in [-0.4, -0.2) is 52.1 Å². The van der Waals surface area contributed by atoms with Gasteiger partial charge in [0.2, 0.25) is 0 Å². The van der Waals surface area contributed by atoms with E-state index >= 15 is 0 Å². The Hall–Kier alpha value is -3.48. The third-order valence-corrected chi connectivity index (χ3v) is 7.31. The fourth-order valence-electron chi connectivity index (χ4n) is 5.40. The molecule has 6 heteroatoms. The van der Waals surface area contributed by atoms with E-state index < -0.39 is 0 Å². The van der Waals surface area contributed by atoms with Gasteiger partial charge in [-0.15, -0.1) is 0 Å². The van der Waals surface area contributed by atoms with Crippen LogP contribution in [0.15, 0.2) is 66.7 Å². The maximum absolute atomic E-state index is 10.1. The van der Waals surface area contributed by atoms with Gasteiger partial charge < -0.3 is 24.8 Å². The summed E-state index contributed by atoms with van der Waals surface area (Å²) >= 11 is 0. The third kappa shape index (κ3) is 4.79. The second-order valence-corrected chi connectivity index (χ2v) is 9.71. The lowest BCUT2D eigenvalue weighted by atomic mass is 9.86. The molecule has 0 aliphatic carbocycles. The molecule has 1 fully saturated rings. The fraction of sp³-hybridized carbons (Fsp3) is 0.333. The lowest BCUT2D eigenvalue weighted by Gasteiger charge is -2.31. The number of nitrogens with zero attached hydrogens (tertiary/aromatic N) is 1. The number of phenolic OH excluding ortho intramolecular Hbond substituents is 2. The van der Waals surface area contributed by atoms with Gasteiger partial charge >= 0.3 is 0 Å². The van der Waals surface area contributed by atoms with Gasteiger partial charge in [0.25, 0.3) is 0 Å². The molecule has 6 nitrogen and oxygen atoms in total. The summed E-state index contributed by atoms with van der Waals surface area (Å²) in [5.41, 5.74) is 4.59. The molecule has 2 aliphatic rings. The van der Waals surface area contributed by atoms with E-state index in [0.29, 0.717) is 12.4 Å². The smallest absolute Gasteiger partial charge is 0.150 e. The predicted molar refractivity (Wildman–Crippen MR) is 140 cm³/mol. The Morgan fingerprint density at radius 3 is 2.56 bits per heavy atom. The molecule has 36 heavy (non-hydrogen) atoms. The Labute approximate surface area is 212 Å². The van der Waals surface area contributed by atoms with Crippen LogP contribution in [0.1, 0.15) is 49.5 Å². The van der Waals surface area contributed by atoms with Gasteiger partial charge in [-0.05, 0) is 92.4 Å². The summed E-state index contributed by atoms with van der Waals surface area (Å²) in [6, 6.07) is 20.7. The van der Waals surface area contributed by atoms with Gasteiger partial charge in [0.1, 0.15) is 35.7 Å². The van der Waals surface area contributed by atoms with E-state index in [-0.39, 0.29) is 36.3 Å². The normalized spacial score (nSPS) is 20.6. The number of phenols is 2. The van der Waals surface area contributed by atoms with Gasteiger partial charge in [-0.2, -0.15) is 0 Å². The molecule has 0 amide bonds. The average Bonchev–Trinajstić information content (AvgIpc) is 3.37. The highest BCUT2D eigenvalue weighted by Gasteiger charge is 2.30. The molecule has 2 heterocycles. The predicted octanol–water partition coefficient (Wildman–Crippen LogP) is 5.39. The Bertz CT molecular complexity index is 1250. The number of fused-ring (bicyclic) bond motifs is 1. The molecule has 1 saturated heterocycles. The van der Waals surface area contributed by atoms with Gasteiger partial charge in [-0.3, -0.25) is 4.90 Å². The molecule has 3 aromatic rings. The first-order chi connectivity index (χ1) is 17.4. The quantitative estimate of drug-likeness (QED) is 0.415. The van der Waals surface area contributed by atoms with Crippen molar-refractivity contribution in [3.8, 4) is 23.0 Å². The number of benzene rings is 3. The number of rotatable bonds is 7. The molecule has 0 saturated carbocycles. The minimum absolute atomic E-state index is 0.181. The topological polar surface area (TPSA) is 82.4 Å².